The van der Waals surface area contributed by atoms with Crippen LogP contribution in [-0.2, 0) is 28.5 Å². The molecule has 0 saturated carbocycles. The van der Waals surface area contributed by atoms with E-state index in [1.807, 2.05) is 20.8 Å². The summed E-state index contributed by atoms with van der Waals surface area (Å²) in [5.41, 5.74) is 0. The number of nitrogens with one attached hydrogen (secondary N) is 1. The van der Waals surface area contributed by atoms with Gasteiger partial charge in [0.25, 0.3) is 0 Å². The van der Waals surface area contributed by atoms with Crippen LogP contribution in [-0.4, -0.2) is 62.7 Å². The zero-order valence-corrected chi connectivity index (χ0v) is 19.6. The summed E-state index contributed by atoms with van der Waals surface area (Å²) in [6, 6.07) is -0.209. The summed E-state index contributed by atoms with van der Waals surface area (Å²) in [5.74, 6) is -0.929. The maximum Gasteiger partial charge on any atom is 0.307 e. The van der Waals surface area contributed by atoms with Crippen molar-refractivity contribution in [1.82, 2.24) is 5.32 Å². The molecule has 2 saturated heterocycles. The van der Waals surface area contributed by atoms with Crippen LogP contribution in [0.5, 0.6) is 0 Å². The SMILES string of the molecule is CCCCCCCCCCNC(CC(=O)OCC)[C@H]1O[C@@H]2OC(C)(C)O[C@@H]2C1OC. The van der Waals surface area contributed by atoms with Gasteiger partial charge in [0, 0.05) is 13.2 Å². The molecule has 0 aliphatic carbocycles. The molecule has 5 atom stereocenters. The first-order valence-corrected chi connectivity index (χ1v) is 11.8. The number of carbonyl (C=O) groups is 1. The molecular formula is C23H43NO6. The van der Waals surface area contributed by atoms with E-state index in [1.54, 1.807) is 7.11 Å². The molecule has 7 heteroatoms. The third kappa shape index (κ3) is 7.75. The van der Waals surface area contributed by atoms with Crippen molar-refractivity contribution in [3.8, 4) is 0 Å². The summed E-state index contributed by atoms with van der Waals surface area (Å²) in [6.07, 6.45) is 8.94. The van der Waals surface area contributed by atoms with E-state index in [0.717, 1.165) is 13.0 Å². The summed E-state index contributed by atoms with van der Waals surface area (Å²) in [4.78, 5) is 12.2. The van der Waals surface area contributed by atoms with Crippen LogP contribution in [0, 0.1) is 0 Å². The van der Waals surface area contributed by atoms with Crippen molar-refractivity contribution in [2.75, 3.05) is 20.3 Å². The Balaban J connectivity index is 1.83. The Morgan fingerprint density at radius 2 is 1.70 bits per heavy atom. The fourth-order valence-electron chi connectivity index (χ4n) is 4.35. The van der Waals surface area contributed by atoms with E-state index >= 15 is 0 Å². The first-order chi connectivity index (χ1) is 14.4. The fraction of sp³-hybridized carbons (Fsp3) is 0.957. The Labute approximate surface area is 182 Å². The normalized spacial score (nSPS) is 28.4. The molecule has 2 heterocycles. The second kappa shape index (κ2) is 13.0. The molecule has 0 aromatic carbocycles. The second-order valence-electron chi connectivity index (χ2n) is 8.81. The summed E-state index contributed by atoms with van der Waals surface area (Å²) >= 11 is 0. The largest absolute Gasteiger partial charge is 0.466 e. The second-order valence-corrected chi connectivity index (χ2v) is 8.81. The Morgan fingerprint density at radius 3 is 2.33 bits per heavy atom. The lowest BCUT2D eigenvalue weighted by atomic mass is 10.00. The highest BCUT2D eigenvalue weighted by Gasteiger charge is 2.56. The van der Waals surface area contributed by atoms with E-state index in [4.69, 9.17) is 23.7 Å². The summed E-state index contributed by atoms with van der Waals surface area (Å²) in [5, 5.41) is 3.52. The topological polar surface area (TPSA) is 75.3 Å². The number of carbonyl (C=O) groups excluding carboxylic acids is 1. The van der Waals surface area contributed by atoms with Crippen LogP contribution in [0.1, 0.15) is 85.5 Å². The zero-order valence-electron chi connectivity index (χ0n) is 19.6. The summed E-state index contributed by atoms with van der Waals surface area (Å²) in [7, 11) is 1.65. The van der Waals surface area contributed by atoms with Crippen molar-refractivity contribution in [1.29, 1.82) is 0 Å². The van der Waals surface area contributed by atoms with Gasteiger partial charge in [0.1, 0.15) is 18.3 Å². The van der Waals surface area contributed by atoms with Crippen LogP contribution in [0.2, 0.25) is 0 Å². The third-order valence-corrected chi connectivity index (χ3v) is 5.82. The highest BCUT2D eigenvalue weighted by Crippen LogP contribution is 2.39. The lowest BCUT2D eigenvalue weighted by molar-refractivity contribution is -0.220. The van der Waals surface area contributed by atoms with Gasteiger partial charge in [0.15, 0.2) is 12.1 Å². The maximum atomic E-state index is 12.2. The molecule has 0 aromatic rings. The monoisotopic (exact) mass is 429 g/mol. The Hall–Kier alpha value is -0.730. The Morgan fingerprint density at radius 1 is 1.03 bits per heavy atom. The molecule has 0 radical (unpaired) electrons. The summed E-state index contributed by atoms with van der Waals surface area (Å²) < 4.78 is 28.9. The molecule has 1 N–H and O–H groups in total. The molecule has 2 fully saturated rings. The number of rotatable bonds is 15. The van der Waals surface area contributed by atoms with Gasteiger partial charge in [0.2, 0.25) is 0 Å². The molecule has 7 nitrogen and oxygen atoms in total. The van der Waals surface area contributed by atoms with Crippen LogP contribution < -0.4 is 5.32 Å². The average molecular weight is 430 g/mol. The van der Waals surface area contributed by atoms with Crippen LogP contribution >= 0.6 is 0 Å². The minimum Gasteiger partial charge on any atom is -0.466 e. The minimum atomic E-state index is -0.696. The number of fused-ring (bicyclic) bond motifs is 1. The standard InChI is InChI=1S/C23H43NO6/c1-6-8-9-10-11-12-13-14-15-24-17(16-18(25)27-7-2)19-20(26-5)21-22(28-19)30-23(3,4)29-21/h17,19-22,24H,6-16H2,1-5H3/t17?,19-,20?,21-,22-/m1/s1. The molecule has 0 amide bonds. The molecule has 2 rings (SSSR count). The van der Waals surface area contributed by atoms with Gasteiger partial charge >= 0.3 is 5.97 Å². The molecule has 0 aromatic heterocycles. The number of unbranched alkanes of at least 4 members (excludes halogenated alkanes) is 7. The van der Waals surface area contributed by atoms with Crippen LogP contribution in [0.25, 0.3) is 0 Å². The van der Waals surface area contributed by atoms with Crippen molar-refractivity contribution in [2.45, 2.75) is 122 Å². The van der Waals surface area contributed by atoms with E-state index in [2.05, 4.69) is 12.2 Å². The molecule has 0 spiro atoms. The van der Waals surface area contributed by atoms with Crippen molar-refractivity contribution in [3.63, 3.8) is 0 Å². The van der Waals surface area contributed by atoms with Gasteiger partial charge in [-0.2, -0.15) is 0 Å². The van der Waals surface area contributed by atoms with Crippen LogP contribution in [0.4, 0.5) is 0 Å². The number of hydrogen-bond acceptors (Lipinski definition) is 7. The van der Waals surface area contributed by atoms with Crippen molar-refractivity contribution < 1.29 is 28.5 Å². The van der Waals surface area contributed by atoms with E-state index in [-0.39, 0.29) is 36.7 Å². The average Bonchev–Trinajstić information content (AvgIpc) is 3.17. The smallest absolute Gasteiger partial charge is 0.307 e. The van der Waals surface area contributed by atoms with Gasteiger partial charge in [-0.05, 0) is 33.7 Å². The highest BCUT2D eigenvalue weighted by molar-refractivity contribution is 5.70. The molecule has 0 bridgehead atoms. The van der Waals surface area contributed by atoms with Crippen LogP contribution in [0.3, 0.4) is 0 Å². The van der Waals surface area contributed by atoms with Crippen molar-refractivity contribution in [3.05, 3.63) is 0 Å². The Bertz CT molecular complexity index is 500. The molecule has 2 aliphatic rings. The molecule has 30 heavy (non-hydrogen) atoms. The molecule has 2 unspecified atom stereocenters. The maximum absolute atomic E-state index is 12.2. The van der Waals surface area contributed by atoms with Gasteiger partial charge in [-0.3, -0.25) is 4.79 Å². The first kappa shape index (κ1) is 25.5. The Kier molecular flexibility index (Phi) is 11.0. The highest BCUT2D eigenvalue weighted by atomic mass is 16.8. The minimum absolute atomic E-state index is 0.209. The van der Waals surface area contributed by atoms with Crippen molar-refractivity contribution in [2.24, 2.45) is 0 Å². The van der Waals surface area contributed by atoms with E-state index in [9.17, 15) is 4.79 Å². The van der Waals surface area contributed by atoms with Crippen molar-refractivity contribution >= 4 is 5.97 Å². The summed E-state index contributed by atoms with van der Waals surface area (Å²) in [6.45, 7) is 9.00. The van der Waals surface area contributed by atoms with E-state index in [0.29, 0.717) is 6.61 Å². The van der Waals surface area contributed by atoms with Gasteiger partial charge in [-0.15, -0.1) is 0 Å². The lowest BCUT2D eigenvalue weighted by Crippen LogP contribution is -2.49. The number of hydrogen-bond donors (Lipinski definition) is 1. The quantitative estimate of drug-likeness (QED) is 0.312. The fourth-order valence-corrected chi connectivity index (χ4v) is 4.35. The van der Waals surface area contributed by atoms with Gasteiger partial charge in [-0.1, -0.05) is 51.9 Å². The number of ether oxygens (including phenoxy) is 5. The molecular weight excluding hydrogens is 386 g/mol. The van der Waals surface area contributed by atoms with E-state index in [1.165, 1.54) is 44.9 Å². The van der Waals surface area contributed by atoms with Gasteiger partial charge in [-0.25, -0.2) is 0 Å². The lowest BCUT2D eigenvalue weighted by Gasteiger charge is -2.30. The third-order valence-electron chi connectivity index (χ3n) is 5.82. The van der Waals surface area contributed by atoms with Gasteiger partial charge in [0.05, 0.1) is 13.0 Å². The molecule has 2 aliphatic heterocycles. The number of methoxy groups -OCH3 is 1. The molecule has 176 valence electrons. The first-order valence-electron chi connectivity index (χ1n) is 11.8. The predicted octanol–water partition coefficient (Wildman–Crippen LogP) is 3.93. The predicted molar refractivity (Wildman–Crippen MR) is 115 cm³/mol. The zero-order chi connectivity index (χ0) is 22.0. The number of esters is 1. The van der Waals surface area contributed by atoms with Gasteiger partial charge < -0.3 is 29.0 Å². The van der Waals surface area contributed by atoms with E-state index < -0.39 is 12.1 Å². The van der Waals surface area contributed by atoms with Crippen LogP contribution in [0.15, 0.2) is 0 Å².